The highest BCUT2D eigenvalue weighted by Gasteiger charge is 2.23. The van der Waals surface area contributed by atoms with Crippen molar-refractivity contribution in [2.24, 2.45) is 0 Å². The van der Waals surface area contributed by atoms with Gasteiger partial charge in [0, 0.05) is 5.69 Å². The molecule has 2 aromatic carbocycles. The van der Waals surface area contributed by atoms with Crippen molar-refractivity contribution in [3.63, 3.8) is 0 Å². The third-order valence-electron chi connectivity index (χ3n) is 3.85. The molecular formula is C18H16N8OS. The van der Waals surface area contributed by atoms with Gasteiger partial charge in [-0.1, -0.05) is 42.1 Å². The predicted octanol–water partition coefficient (Wildman–Crippen LogP) is 2.56. The van der Waals surface area contributed by atoms with Crippen LogP contribution in [0.15, 0.2) is 65.8 Å². The Kier molecular flexibility index (Phi) is 5.11. The number of aromatic amines is 1. The largest absolute Gasteiger partial charge is 0.325 e. The van der Waals surface area contributed by atoms with Crippen molar-refractivity contribution in [1.29, 1.82) is 0 Å². The Morgan fingerprint density at radius 2 is 1.93 bits per heavy atom. The number of carbonyl (C=O) groups is 1. The van der Waals surface area contributed by atoms with Crippen molar-refractivity contribution in [1.82, 2.24) is 35.6 Å². The van der Waals surface area contributed by atoms with Crippen molar-refractivity contribution in [2.75, 3.05) is 5.32 Å². The molecule has 2 heterocycles. The van der Waals surface area contributed by atoms with E-state index in [1.807, 2.05) is 42.5 Å². The zero-order chi connectivity index (χ0) is 19.3. The lowest BCUT2D eigenvalue weighted by molar-refractivity contribution is -0.115. The number of carbonyl (C=O) groups excluding carboxylic acids is 1. The van der Waals surface area contributed by atoms with Gasteiger partial charge in [0.25, 0.3) is 0 Å². The molecule has 0 fully saturated rings. The predicted molar refractivity (Wildman–Crippen MR) is 104 cm³/mol. The topological polar surface area (TPSA) is 114 Å². The zero-order valence-corrected chi connectivity index (χ0v) is 15.7. The first-order valence-corrected chi connectivity index (χ1v) is 9.32. The van der Waals surface area contributed by atoms with Crippen LogP contribution >= 0.6 is 11.8 Å². The highest BCUT2D eigenvalue weighted by molar-refractivity contribution is 8.00. The number of amides is 1. The Morgan fingerprint density at radius 1 is 1.14 bits per heavy atom. The molecule has 4 aromatic rings. The van der Waals surface area contributed by atoms with Crippen LogP contribution in [0.4, 0.5) is 5.69 Å². The maximum atomic E-state index is 13.0. The number of hydrogen-bond acceptors (Lipinski definition) is 7. The highest BCUT2D eigenvalue weighted by atomic mass is 32.2. The van der Waals surface area contributed by atoms with Gasteiger partial charge in [0.1, 0.15) is 10.3 Å². The average molecular weight is 392 g/mol. The molecule has 0 radical (unpaired) electrons. The van der Waals surface area contributed by atoms with Crippen LogP contribution in [0.25, 0.3) is 5.69 Å². The Hall–Kier alpha value is -3.53. The third kappa shape index (κ3) is 4.07. The monoisotopic (exact) mass is 392 g/mol. The van der Waals surface area contributed by atoms with Gasteiger partial charge in [0.15, 0.2) is 5.82 Å². The number of thioether (sulfide) groups is 1. The normalized spacial score (nSPS) is 11.9. The van der Waals surface area contributed by atoms with Crippen LogP contribution in [-0.4, -0.2) is 41.5 Å². The van der Waals surface area contributed by atoms with Gasteiger partial charge in [-0.05, 0) is 42.0 Å². The van der Waals surface area contributed by atoms with E-state index in [0.29, 0.717) is 16.5 Å². The van der Waals surface area contributed by atoms with Crippen molar-refractivity contribution in [3.05, 3.63) is 72.2 Å². The molecule has 0 aliphatic rings. The van der Waals surface area contributed by atoms with Gasteiger partial charge in [0.2, 0.25) is 5.91 Å². The zero-order valence-electron chi connectivity index (χ0n) is 14.9. The van der Waals surface area contributed by atoms with Crippen LogP contribution in [0, 0.1) is 6.92 Å². The molecular weight excluding hydrogens is 376 g/mol. The van der Waals surface area contributed by atoms with E-state index >= 15 is 0 Å². The number of nitrogens with zero attached hydrogens (tertiary/aromatic N) is 6. The molecule has 2 aromatic heterocycles. The Labute approximate surface area is 164 Å². The Balaban J connectivity index is 1.52. The highest BCUT2D eigenvalue weighted by Crippen LogP contribution is 2.34. The van der Waals surface area contributed by atoms with E-state index in [2.05, 4.69) is 36.1 Å². The van der Waals surface area contributed by atoms with E-state index in [4.69, 9.17) is 0 Å². The van der Waals surface area contributed by atoms with E-state index in [1.54, 1.807) is 25.3 Å². The van der Waals surface area contributed by atoms with E-state index < -0.39 is 5.25 Å². The molecule has 9 nitrogen and oxygen atoms in total. The second-order valence-corrected chi connectivity index (χ2v) is 7.00. The minimum Gasteiger partial charge on any atom is -0.325 e. The van der Waals surface area contributed by atoms with Crippen LogP contribution < -0.4 is 5.32 Å². The molecule has 0 bridgehead atoms. The van der Waals surface area contributed by atoms with Gasteiger partial charge >= 0.3 is 0 Å². The summed E-state index contributed by atoms with van der Waals surface area (Å²) in [4.78, 5) is 14.4. The van der Waals surface area contributed by atoms with Gasteiger partial charge < -0.3 is 5.32 Å². The van der Waals surface area contributed by atoms with Crippen molar-refractivity contribution in [2.45, 2.75) is 17.2 Å². The van der Waals surface area contributed by atoms with Gasteiger partial charge in [0.05, 0.1) is 11.9 Å². The van der Waals surface area contributed by atoms with E-state index in [9.17, 15) is 4.79 Å². The van der Waals surface area contributed by atoms with Gasteiger partial charge in [-0.2, -0.15) is 10.3 Å². The number of nitrogens with one attached hydrogen (secondary N) is 2. The number of rotatable bonds is 6. The molecule has 1 amide bonds. The second-order valence-electron chi connectivity index (χ2n) is 5.88. The summed E-state index contributed by atoms with van der Waals surface area (Å²) in [6.45, 7) is 1.77. The maximum Gasteiger partial charge on any atom is 0.242 e. The average Bonchev–Trinajstić information content (AvgIpc) is 3.39. The minimum absolute atomic E-state index is 0.151. The first-order chi connectivity index (χ1) is 13.7. The number of tetrazole rings is 1. The van der Waals surface area contributed by atoms with Crippen molar-refractivity contribution >= 4 is 23.4 Å². The lowest BCUT2D eigenvalue weighted by Crippen LogP contribution is -2.19. The van der Waals surface area contributed by atoms with Gasteiger partial charge in [-0.15, -0.1) is 20.1 Å². The summed E-state index contributed by atoms with van der Waals surface area (Å²) >= 11 is 1.33. The van der Waals surface area contributed by atoms with Gasteiger partial charge in [-0.3, -0.25) is 4.79 Å². The molecule has 1 atom stereocenters. The number of aryl methyl sites for hydroxylation is 1. The molecule has 2 N–H and O–H groups in total. The summed E-state index contributed by atoms with van der Waals surface area (Å²) in [5.41, 5.74) is 2.31. The minimum atomic E-state index is -0.467. The molecule has 10 heteroatoms. The molecule has 140 valence electrons. The summed E-state index contributed by atoms with van der Waals surface area (Å²) in [5.74, 6) is 0.439. The van der Waals surface area contributed by atoms with Crippen LogP contribution in [0.3, 0.4) is 0 Å². The lowest BCUT2D eigenvalue weighted by Gasteiger charge is -2.16. The number of H-pyrrole nitrogens is 1. The summed E-state index contributed by atoms with van der Waals surface area (Å²) in [6, 6.07) is 16.8. The van der Waals surface area contributed by atoms with Crippen molar-refractivity contribution in [3.8, 4) is 5.69 Å². The number of aromatic nitrogens is 7. The maximum absolute atomic E-state index is 13.0. The molecule has 0 aliphatic carbocycles. The lowest BCUT2D eigenvalue weighted by atomic mass is 10.1. The summed E-state index contributed by atoms with van der Waals surface area (Å²) in [7, 11) is 0. The fourth-order valence-corrected chi connectivity index (χ4v) is 3.46. The third-order valence-corrected chi connectivity index (χ3v) is 5.01. The standard InChI is InChI=1S/C18H16N8OS/c1-12-21-25-26(23-12)15-9-7-14(8-10-15)20-18(27)17(13-5-3-2-4-6-13)28-16-11-19-24-22-16/h2-11,17H,1H3,(H,20,27)(H,19,22,24)/t17-/m1/s1. The summed E-state index contributed by atoms with van der Waals surface area (Å²) in [6.07, 6.45) is 1.59. The molecule has 4 rings (SSSR count). The number of anilines is 1. The number of hydrogen-bond donors (Lipinski definition) is 2. The number of benzene rings is 2. The van der Waals surface area contributed by atoms with Crippen LogP contribution in [0.2, 0.25) is 0 Å². The Morgan fingerprint density at radius 3 is 2.57 bits per heavy atom. The van der Waals surface area contributed by atoms with Crippen LogP contribution in [0.1, 0.15) is 16.6 Å². The molecule has 0 saturated carbocycles. The van der Waals surface area contributed by atoms with Crippen molar-refractivity contribution < 1.29 is 4.79 Å². The quantitative estimate of drug-likeness (QED) is 0.485. The summed E-state index contributed by atoms with van der Waals surface area (Å²) < 4.78 is 0. The molecule has 0 spiro atoms. The van der Waals surface area contributed by atoms with E-state index in [-0.39, 0.29) is 5.91 Å². The first kappa shape index (κ1) is 17.9. The van der Waals surface area contributed by atoms with Crippen LogP contribution in [0.5, 0.6) is 0 Å². The van der Waals surface area contributed by atoms with Crippen LogP contribution in [-0.2, 0) is 4.79 Å². The fraction of sp³-hybridized carbons (Fsp3) is 0.111. The summed E-state index contributed by atoms with van der Waals surface area (Å²) in [5, 5.41) is 25.5. The van der Waals surface area contributed by atoms with E-state index in [0.717, 1.165) is 11.3 Å². The SMILES string of the molecule is Cc1nnn(-c2ccc(NC(=O)[C@H](Sc3cn[nH]n3)c3ccccc3)cc2)n1. The fourth-order valence-electron chi connectivity index (χ4n) is 2.55. The molecule has 28 heavy (non-hydrogen) atoms. The Bertz CT molecular complexity index is 1050. The first-order valence-electron chi connectivity index (χ1n) is 8.44. The molecule has 0 unspecified atom stereocenters. The smallest absolute Gasteiger partial charge is 0.242 e. The molecule has 0 saturated heterocycles. The molecule has 0 aliphatic heterocycles. The van der Waals surface area contributed by atoms with Gasteiger partial charge in [-0.25, -0.2) is 0 Å². The second kappa shape index (κ2) is 8.01. The van der Waals surface area contributed by atoms with E-state index in [1.165, 1.54) is 16.6 Å².